The highest BCUT2D eigenvalue weighted by Gasteiger charge is 2.30. The molecule has 0 N–H and O–H groups in total. The van der Waals surface area contributed by atoms with Gasteiger partial charge >= 0.3 is 0 Å². The normalized spacial score (nSPS) is 19.5. The predicted molar refractivity (Wildman–Crippen MR) is 68.1 cm³/mol. The Morgan fingerprint density at radius 1 is 1.24 bits per heavy atom. The van der Waals surface area contributed by atoms with Gasteiger partial charge in [-0.25, -0.2) is 0 Å². The van der Waals surface area contributed by atoms with Crippen LogP contribution in [0, 0.1) is 35.0 Å². The molecule has 1 unspecified atom stereocenters. The van der Waals surface area contributed by atoms with Crippen molar-refractivity contribution in [3.63, 3.8) is 0 Å². The van der Waals surface area contributed by atoms with Crippen LogP contribution < -0.4 is 0 Å². The smallest absolute Gasteiger partial charge is 0.240 e. The molecule has 17 heavy (non-hydrogen) atoms. The van der Waals surface area contributed by atoms with Gasteiger partial charge in [0.1, 0.15) is 5.92 Å². The van der Waals surface area contributed by atoms with Crippen LogP contribution in [0.15, 0.2) is 0 Å². The van der Waals surface area contributed by atoms with Crippen LogP contribution in [0.2, 0.25) is 0 Å². The second kappa shape index (κ2) is 6.05. The van der Waals surface area contributed by atoms with Gasteiger partial charge in [-0.3, -0.25) is 4.79 Å². The summed E-state index contributed by atoms with van der Waals surface area (Å²) in [6.07, 6.45) is 2.17. The van der Waals surface area contributed by atoms with Crippen LogP contribution in [0.1, 0.15) is 40.5 Å². The molecule has 96 valence electrons. The molecular weight excluding hydrogens is 212 g/mol. The summed E-state index contributed by atoms with van der Waals surface area (Å²) in [5, 5.41) is 9.04. The number of carbonyl (C=O) groups excluding carboxylic acids is 1. The van der Waals surface area contributed by atoms with Gasteiger partial charge in [-0.2, -0.15) is 5.26 Å². The highest BCUT2D eigenvalue weighted by molar-refractivity contribution is 5.81. The molecule has 0 spiro atoms. The third kappa shape index (κ3) is 3.46. The van der Waals surface area contributed by atoms with E-state index in [1.807, 2.05) is 18.7 Å². The Morgan fingerprint density at radius 2 is 1.76 bits per heavy atom. The Labute approximate surface area is 105 Å². The van der Waals surface area contributed by atoms with Crippen LogP contribution in [-0.4, -0.2) is 23.9 Å². The lowest BCUT2D eigenvalue weighted by molar-refractivity contribution is -0.136. The fraction of sp³-hybridized carbons (Fsp3) is 0.857. The first-order valence-corrected chi connectivity index (χ1v) is 6.65. The highest BCUT2D eigenvalue weighted by Crippen LogP contribution is 2.26. The minimum absolute atomic E-state index is 0.0321. The van der Waals surface area contributed by atoms with E-state index in [4.69, 9.17) is 5.26 Å². The van der Waals surface area contributed by atoms with Crippen molar-refractivity contribution in [1.29, 1.82) is 5.26 Å². The van der Waals surface area contributed by atoms with Crippen molar-refractivity contribution >= 4 is 5.91 Å². The van der Waals surface area contributed by atoms with Crippen molar-refractivity contribution in [3.8, 4) is 6.07 Å². The fourth-order valence-corrected chi connectivity index (χ4v) is 2.47. The van der Waals surface area contributed by atoms with Crippen molar-refractivity contribution < 1.29 is 4.79 Å². The Hall–Kier alpha value is -1.04. The number of carbonyl (C=O) groups is 1. The van der Waals surface area contributed by atoms with Crippen LogP contribution in [0.4, 0.5) is 0 Å². The zero-order valence-corrected chi connectivity index (χ0v) is 11.4. The van der Waals surface area contributed by atoms with Crippen molar-refractivity contribution in [3.05, 3.63) is 0 Å². The zero-order chi connectivity index (χ0) is 13.0. The van der Waals surface area contributed by atoms with E-state index in [1.165, 1.54) is 0 Å². The first-order chi connectivity index (χ1) is 7.97. The summed E-state index contributed by atoms with van der Waals surface area (Å²) in [4.78, 5) is 14.0. The molecule has 1 aliphatic heterocycles. The standard InChI is InChI=1S/C14H24N2O/c1-10(2)12-5-7-16(8-6-12)14(17)13(9-15)11(3)4/h10-13H,5-8H2,1-4H3. The maximum atomic E-state index is 12.2. The van der Waals surface area contributed by atoms with Gasteiger partial charge in [-0.05, 0) is 30.6 Å². The SMILES string of the molecule is CC(C)C1CCN(C(=O)C(C#N)C(C)C)CC1. The second-order valence-electron chi connectivity index (χ2n) is 5.76. The lowest BCUT2D eigenvalue weighted by atomic mass is 9.86. The van der Waals surface area contributed by atoms with E-state index >= 15 is 0 Å². The third-order valence-corrected chi connectivity index (χ3v) is 3.87. The molecule has 3 heteroatoms. The summed E-state index contributed by atoms with van der Waals surface area (Å²) in [6.45, 7) is 10.0. The molecule has 1 atom stereocenters. The maximum Gasteiger partial charge on any atom is 0.240 e. The largest absolute Gasteiger partial charge is 0.342 e. The number of likely N-dealkylation sites (tertiary alicyclic amines) is 1. The topological polar surface area (TPSA) is 44.1 Å². The van der Waals surface area contributed by atoms with Crippen LogP contribution in [0.5, 0.6) is 0 Å². The fourth-order valence-electron chi connectivity index (χ4n) is 2.47. The summed E-state index contributed by atoms with van der Waals surface area (Å²) in [5.74, 6) is 1.10. The summed E-state index contributed by atoms with van der Waals surface area (Å²) in [6, 6.07) is 2.14. The second-order valence-corrected chi connectivity index (χ2v) is 5.76. The lowest BCUT2D eigenvalue weighted by Crippen LogP contribution is -2.43. The summed E-state index contributed by atoms with van der Waals surface area (Å²) < 4.78 is 0. The Balaban J connectivity index is 2.54. The molecule has 1 amide bonds. The Morgan fingerprint density at radius 3 is 2.12 bits per heavy atom. The van der Waals surface area contributed by atoms with Crippen LogP contribution in [0.3, 0.4) is 0 Å². The van der Waals surface area contributed by atoms with Crippen LogP contribution in [-0.2, 0) is 4.79 Å². The molecule has 1 saturated heterocycles. The maximum absolute atomic E-state index is 12.2. The van der Waals surface area contributed by atoms with Gasteiger partial charge in [0.15, 0.2) is 0 Å². The van der Waals surface area contributed by atoms with Gasteiger partial charge in [0.25, 0.3) is 0 Å². The van der Waals surface area contributed by atoms with Crippen LogP contribution in [0.25, 0.3) is 0 Å². The molecule has 0 radical (unpaired) electrons. The molecule has 0 aromatic heterocycles. The van der Waals surface area contributed by atoms with E-state index < -0.39 is 5.92 Å². The molecule has 3 nitrogen and oxygen atoms in total. The minimum Gasteiger partial charge on any atom is -0.342 e. The molecule has 1 rings (SSSR count). The first kappa shape index (κ1) is 14.0. The predicted octanol–water partition coefficient (Wildman–Crippen LogP) is 2.68. The number of piperidine rings is 1. The van der Waals surface area contributed by atoms with Gasteiger partial charge in [0.05, 0.1) is 6.07 Å². The average Bonchev–Trinajstić information content (AvgIpc) is 2.29. The van der Waals surface area contributed by atoms with Crippen molar-refractivity contribution in [2.45, 2.75) is 40.5 Å². The monoisotopic (exact) mass is 236 g/mol. The molecule has 0 aliphatic carbocycles. The van der Waals surface area contributed by atoms with E-state index in [-0.39, 0.29) is 11.8 Å². The molecule has 1 fully saturated rings. The molecule has 0 saturated carbocycles. The number of hydrogen-bond acceptors (Lipinski definition) is 2. The number of hydrogen-bond donors (Lipinski definition) is 0. The van der Waals surface area contributed by atoms with E-state index in [0.29, 0.717) is 5.92 Å². The van der Waals surface area contributed by atoms with Gasteiger partial charge in [0, 0.05) is 13.1 Å². The van der Waals surface area contributed by atoms with Gasteiger partial charge < -0.3 is 4.90 Å². The molecule has 0 aromatic rings. The number of nitriles is 1. The quantitative estimate of drug-likeness (QED) is 0.756. The van der Waals surface area contributed by atoms with E-state index in [0.717, 1.165) is 31.8 Å². The van der Waals surface area contributed by atoms with Crippen LogP contribution >= 0.6 is 0 Å². The average molecular weight is 236 g/mol. The van der Waals surface area contributed by atoms with Gasteiger partial charge in [0.2, 0.25) is 5.91 Å². The number of nitrogens with zero attached hydrogens (tertiary/aromatic N) is 2. The van der Waals surface area contributed by atoms with E-state index in [9.17, 15) is 4.79 Å². The molecule has 1 heterocycles. The Bertz CT molecular complexity index is 296. The van der Waals surface area contributed by atoms with Crippen molar-refractivity contribution in [2.24, 2.45) is 23.7 Å². The molecule has 1 aliphatic rings. The van der Waals surface area contributed by atoms with E-state index in [2.05, 4.69) is 19.9 Å². The summed E-state index contributed by atoms with van der Waals surface area (Å²) in [7, 11) is 0. The third-order valence-electron chi connectivity index (χ3n) is 3.87. The highest BCUT2D eigenvalue weighted by atomic mass is 16.2. The van der Waals surface area contributed by atoms with E-state index in [1.54, 1.807) is 0 Å². The number of amides is 1. The summed E-state index contributed by atoms with van der Waals surface area (Å²) >= 11 is 0. The molecular formula is C14H24N2O. The van der Waals surface area contributed by atoms with Gasteiger partial charge in [-0.15, -0.1) is 0 Å². The summed E-state index contributed by atoms with van der Waals surface area (Å²) in [5.41, 5.74) is 0. The zero-order valence-electron chi connectivity index (χ0n) is 11.4. The minimum atomic E-state index is -0.467. The molecule has 0 aromatic carbocycles. The number of rotatable bonds is 3. The first-order valence-electron chi connectivity index (χ1n) is 6.65. The van der Waals surface area contributed by atoms with Crippen molar-refractivity contribution in [2.75, 3.05) is 13.1 Å². The van der Waals surface area contributed by atoms with Crippen molar-refractivity contribution in [1.82, 2.24) is 4.90 Å². The lowest BCUT2D eigenvalue weighted by Gasteiger charge is -2.35. The van der Waals surface area contributed by atoms with Gasteiger partial charge in [-0.1, -0.05) is 27.7 Å². The Kier molecular flexibility index (Phi) is 4.99. The molecule has 0 bridgehead atoms.